The van der Waals surface area contributed by atoms with Crippen LogP contribution in [0, 0.1) is 0 Å². The lowest BCUT2D eigenvalue weighted by Crippen LogP contribution is -2.44. The van der Waals surface area contributed by atoms with E-state index in [4.69, 9.17) is 4.74 Å². The molecule has 2 N–H and O–H groups in total. The molecule has 0 saturated carbocycles. The number of guanidine groups is 1. The Morgan fingerprint density at radius 1 is 1.32 bits per heavy atom. The Balaban J connectivity index is 0.00000280. The molecule has 1 aromatic carbocycles. The van der Waals surface area contributed by atoms with Gasteiger partial charge in [0, 0.05) is 44.5 Å². The minimum atomic E-state index is 0. The average molecular weight is 495 g/mol. The van der Waals surface area contributed by atoms with Crippen molar-refractivity contribution in [3.8, 4) is 5.88 Å². The quantitative estimate of drug-likeness (QED) is 0.366. The summed E-state index contributed by atoms with van der Waals surface area (Å²) < 4.78 is 5.43. The number of amides is 1. The largest absolute Gasteiger partial charge is 0.478 e. The third kappa shape index (κ3) is 5.82. The molecule has 1 saturated heterocycles. The van der Waals surface area contributed by atoms with Crippen LogP contribution in [0.15, 0.2) is 53.7 Å². The fraction of sp³-hybridized carbons (Fsp3) is 0.350. The van der Waals surface area contributed by atoms with E-state index < -0.39 is 0 Å². The van der Waals surface area contributed by atoms with Gasteiger partial charge < -0.3 is 20.3 Å². The third-order valence-corrected chi connectivity index (χ3v) is 4.31. The van der Waals surface area contributed by atoms with Crippen molar-refractivity contribution < 1.29 is 9.53 Å². The summed E-state index contributed by atoms with van der Waals surface area (Å²) in [6, 6.07) is 13.6. The Labute approximate surface area is 182 Å². The van der Waals surface area contributed by atoms with Crippen molar-refractivity contribution in [1.82, 2.24) is 15.6 Å². The number of carbonyl (C=O) groups is 1. The first kappa shape index (κ1) is 21.9. The van der Waals surface area contributed by atoms with Gasteiger partial charge in [-0.3, -0.25) is 9.79 Å². The summed E-state index contributed by atoms with van der Waals surface area (Å²) >= 11 is 0. The smallest absolute Gasteiger partial charge is 0.229 e. The van der Waals surface area contributed by atoms with Gasteiger partial charge in [0.15, 0.2) is 5.96 Å². The topological polar surface area (TPSA) is 78.8 Å². The van der Waals surface area contributed by atoms with Crippen molar-refractivity contribution in [2.75, 3.05) is 25.1 Å². The molecule has 1 aliphatic rings. The summed E-state index contributed by atoms with van der Waals surface area (Å²) in [6.07, 6.45) is 2.17. The molecule has 0 bridgehead atoms. The molecule has 3 rings (SSSR count). The lowest BCUT2D eigenvalue weighted by molar-refractivity contribution is -0.117. The lowest BCUT2D eigenvalue weighted by atomic mass is 10.2. The first-order valence-corrected chi connectivity index (χ1v) is 9.10. The molecule has 0 radical (unpaired) electrons. The number of rotatable bonds is 6. The number of hydrogen-bond donors (Lipinski definition) is 2. The molecule has 28 heavy (non-hydrogen) atoms. The zero-order chi connectivity index (χ0) is 19.1. The molecular weight excluding hydrogens is 469 g/mol. The summed E-state index contributed by atoms with van der Waals surface area (Å²) in [4.78, 5) is 22.6. The maximum Gasteiger partial charge on any atom is 0.229 e. The van der Waals surface area contributed by atoms with Crippen LogP contribution in [0.2, 0.25) is 0 Å². The fourth-order valence-electron chi connectivity index (χ4n) is 3.02. The van der Waals surface area contributed by atoms with Crippen molar-refractivity contribution in [3.63, 3.8) is 0 Å². The summed E-state index contributed by atoms with van der Waals surface area (Å²) in [5, 5.41) is 6.61. The number of aliphatic imine (C=N–C) groups is 1. The van der Waals surface area contributed by atoms with E-state index in [2.05, 4.69) is 20.6 Å². The Morgan fingerprint density at radius 2 is 2.11 bits per heavy atom. The predicted octanol–water partition coefficient (Wildman–Crippen LogP) is 2.57. The number of para-hydroxylation sites is 1. The van der Waals surface area contributed by atoms with Crippen LogP contribution >= 0.6 is 24.0 Å². The predicted molar refractivity (Wildman–Crippen MR) is 121 cm³/mol. The maximum atomic E-state index is 12.3. The van der Waals surface area contributed by atoms with Crippen molar-refractivity contribution in [2.24, 2.45) is 4.99 Å². The maximum absolute atomic E-state index is 12.3. The monoisotopic (exact) mass is 495 g/mol. The van der Waals surface area contributed by atoms with E-state index in [1.165, 1.54) is 0 Å². The molecule has 1 aliphatic heterocycles. The highest BCUT2D eigenvalue weighted by molar-refractivity contribution is 14.0. The molecular formula is C20H26IN5O2. The molecule has 2 heterocycles. The van der Waals surface area contributed by atoms with Gasteiger partial charge in [-0.15, -0.1) is 24.0 Å². The number of halogens is 1. The van der Waals surface area contributed by atoms with Gasteiger partial charge in [-0.05, 0) is 30.7 Å². The SMILES string of the molecule is CCOc1cc(CNC(=NC)NC2CC(=O)N(c3ccccc3)C2)ccn1.I. The van der Waals surface area contributed by atoms with E-state index in [1.54, 1.807) is 13.2 Å². The molecule has 150 valence electrons. The van der Waals surface area contributed by atoms with Gasteiger partial charge in [-0.25, -0.2) is 4.98 Å². The molecule has 2 aromatic rings. The Kier molecular flexibility index (Phi) is 8.49. The van der Waals surface area contributed by atoms with E-state index in [0.717, 1.165) is 11.3 Å². The number of carbonyl (C=O) groups excluding carboxylic acids is 1. The fourth-order valence-corrected chi connectivity index (χ4v) is 3.02. The van der Waals surface area contributed by atoms with Crippen LogP contribution in [-0.4, -0.2) is 43.1 Å². The van der Waals surface area contributed by atoms with Gasteiger partial charge >= 0.3 is 0 Å². The minimum absolute atomic E-state index is 0. The minimum Gasteiger partial charge on any atom is -0.478 e. The second-order valence-electron chi connectivity index (χ2n) is 6.25. The van der Waals surface area contributed by atoms with Crippen molar-refractivity contribution >= 4 is 41.5 Å². The van der Waals surface area contributed by atoms with Gasteiger partial charge in [-0.1, -0.05) is 18.2 Å². The van der Waals surface area contributed by atoms with E-state index in [9.17, 15) is 4.79 Å². The molecule has 8 heteroatoms. The summed E-state index contributed by atoms with van der Waals surface area (Å²) in [5.41, 5.74) is 1.97. The van der Waals surface area contributed by atoms with Crippen LogP contribution in [-0.2, 0) is 11.3 Å². The van der Waals surface area contributed by atoms with Crippen LogP contribution in [0.4, 0.5) is 5.69 Å². The van der Waals surface area contributed by atoms with Gasteiger partial charge in [0.25, 0.3) is 0 Å². The van der Waals surface area contributed by atoms with Crippen LogP contribution in [0.5, 0.6) is 5.88 Å². The number of benzene rings is 1. The number of anilines is 1. The number of nitrogens with zero attached hydrogens (tertiary/aromatic N) is 3. The molecule has 7 nitrogen and oxygen atoms in total. The van der Waals surface area contributed by atoms with E-state index >= 15 is 0 Å². The van der Waals surface area contributed by atoms with Crippen molar-refractivity contribution in [3.05, 3.63) is 54.2 Å². The number of aromatic nitrogens is 1. The highest BCUT2D eigenvalue weighted by Gasteiger charge is 2.30. The van der Waals surface area contributed by atoms with Gasteiger partial charge in [0.05, 0.1) is 12.6 Å². The standard InChI is InChI=1S/C20H25N5O2.HI/c1-3-27-18-11-15(9-10-22-18)13-23-20(21-2)24-16-12-19(26)25(14-16)17-7-5-4-6-8-17;/h4-11,16H,3,12-14H2,1-2H3,(H2,21,23,24);1H. The number of ether oxygens (including phenoxy) is 1. The zero-order valence-electron chi connectivity index (χ0n) is 16.1. The first-order valence-electron chi connectivity index (χ1n) is 9.10. The molecule has 1 atom stereocenters. The highest BCUT2D eigenvalue weighted by Crippen LogP contribution is 2.21. The highest BCUT2D eigenvalue weighted by atomic mass is 127. The molecule has 1 amide bonds. The Morgan fingerprint density at radius 3 is 2.82 bits per heavy atom. The number of pyridine rings is 1. The first-order chi connectivity index (χ1) is 13.2. The van der Waals surface area contributed by atoms with Crippen LogP contribution in [0.3, 0.4) is 0 Å². The third-order valence-electron chi connectivity index (χ3n) is 4.31. The van der Waals surface area contributed by atoms with E-state index in [1.807, 2.05) is 54.3 Å². The molecule has 0 aliphatic carbocycles. The second kappa shape index (κ2) is 10.8. The molecule has 1 unspecified atom stereocenters. The van der Waals surface area contributed by atoms with Crippen LogP contribution < -0.4 is 20.3 Å². The van der Waals surface area contributed by atoms with Crippen LogP contribution in [0.1, 0.15) is 18.9 Å². The van der Waals surface area contributed by atoms with Gasteiger partial charge in [0.1, 0.15) is 0 Å². The van der Waals surface area contributed by atoms with Gasteiger partial charge in [-0.2, -0.15) is 0 Å². The summed E-state index contributed by atoms with van der Waals surface area (Å²) in [6.45, 7) is 3.72. The van der Waals surface area contributed by atoms with Crippen molar-refractivity contribution in [1.29, 1.82) is 0 Å². The second-order valence-corrected chi connectivity index (χ2v) is 6.25. The average Bonchev–Trinajstić information content (AvgIpc) is 3.06. The molecule has 0 spiro atoms. The molecule has 1 aromatic heterocycles. The molecule has 1 fully saturated rings. The lowest BCUT2D eigenvalue weighted by Gasteiger charge is -2.19. The number of hydrogen-bond acceptors (Lipinski definition) is 4. The Hall–Kier alpha value is -2.36. The van der Waals surface area contributed by atoms with Gasteiger partial charge in [0.2, 0.25) is 11.8 Å². The summed E-state index contributed by atoms with van der Waals surface area (Å²) in [5.74, 6) is 1.39. The van der Waals surface area contributed by atoms with Crippen molar-refractivity contribution in [2.45, 2.75) is 25.9 Å². The van der Waals surface area contributed by atoms with E-state index in [0.29, 0.717) is 38.0 Å². The van der Waals surface area contributed by atoms with E-state index in [-0.39, 0.29) is 35.9 Å². The Bertz CT molecular complexity index is 800. The normalized spacial score (nSPS) is 16.5. The zero-order valence-corrected chi connectivity index (χ0v) is 18.4. The number of nitrogens with one attached hydrogen (secondary N) is 2. The summed E-state index contributed by atoms with van der Waals surface area (Å²) in [7, 11) is 1.72. The van der Waals surface area contributed by atoms with Crippen LogP contribution in [0.25, 0.3) is 0 Å².